The minimum absolute atomic E-state index is 0.0768. The van der Waals surface area contributed by atoms with Gasteiger partial charge in [-0.2, -0.15) is 11.1 Å². The molecule has 0 bridgehead atoms. The Morgan fingerprint density at radius 3 is 1.83 bits per heavy atom. The van der Waals surface area contributed by atoms with Crippen LogP contribution in [0, 0.1) is 0 Å². The molecule has 0 aromatic heterocycles. The highest BCUT2D eigenvalue weighted by atomic mass is 35.6. The van der Waals surface area contributed by atoms with Crippen molar-refractivity contribution in [3.05, 3.63) is 0 Å². The van der Waals surface area contributed by atoms with Gasteiger partial charge >= 0.3 is 5.97 Å². The standard InChI is InChI=1S/C14H29ClO2Si/c1-17-14(16)12-10-8-6-4-3-5-7-9-11-13-18(2)15/h18H,3-13H2,1-2H3. The Kier molecular flexibility index (Phi) is 13.4. The first-order valence-corrected chi connectivity index (χ1v) is 11.1. The first-order valence-electron chi connectivity index (χ1n) is 7.37. The van der Waals surface area contributed by atoms with E-state index in [1.165, 1.54) is 58.1 Å². The molecule has 0 aliphatic heterocycles. The van der Waals surface area contributed by atoms with Gasteiger partial charge in [0.25, 0.3) is 0 Å². The molecular formula is C14H29ClO2Si. The lowest BCUT2D eigenvalue weighted by Gasteiger charge is -2.03. The van der Waals surface area contributed by atoms with Crippen molar-refractivity contribution in [2.75, 3.05) is 7.11 Å². The Hall–Kier alpha value is -0.0231. The SMILES string of the molecule is COC(=O)CCCCCCCCCCC[SiH](C)Cl. The quantitative estimate of drug-likeness (QED) is 0.226. The van der Waals surface area contributed by atoms with Gasteiger partial charge in [-0.1, -0.05) is 57.9 Å². The molecule has 0 rings (SSSR count). The molecule has 0 N–H and O–H groups in total. The van der Waals surface area contributed by atoms with Crippen LogP contribution in [0.2, 0.25) is 12.6 Å². The summed E-state index contributed by atoms with van der Waals surface area (Å²) in [6.07, 6.45) is 12.0. The van der Waals surface area contributed by atoms with Crippen molar-refractivity contribution in [3.8, 4) is 0 Å². The number of rotatable bonds is 12. The molecule has 0 aromatic carbocycles. The average Bonchev–Trinajstić information content (AvgIpc) is 2.35. The lowest BCUT2D eigenvalue weighted by Crippen LogP contribution is -1.99. The molecule has 0 radical (unpaired) electrons. The summed E-state index contributed by atoms with van der Waals surface area (Å²) in [7, 11) is 0.629. The van der Waals surface area contributed by atoms with E-state index in [1.54, 1.807) is 0 Å². The highest BCUT2D eigenvalue weighted by Crippen LogP contribution is 2.13. The first-order chi connectivity index (χ1) is 8.66. The summed E-state index contributed by atoms with van der Waals surface area (Å²) in [4.78, 5) is 10.9. The van der Waals surface area contributed by atoms with Crippen LogP contribution in [-0.2, 0) is 9.53 Å². The first kappa shape index (κ1) is 18.0. The molecule has 4 heteroatoms. The molecule has 0 saturated carbocycles. The van der Waals surface area contributed by atoms with Gasteiger partial charge in [0.1, 0.15) is 8.11 Å². The van der Waals surface area contributed by atoms with E-state index in [1.807, 2.05) is 0 Å². The maximum absolute atomic E-state index is 10.9. The van der Waals surface area contributed by atoms with Gasteiger partial charge in [0.15, 0.2) is 0 Å². The summed E-state index contributed by atoms with van der Waals surface area (Å²) in [5.41, 5.74) is 0. The predicted molar refractivity (Wildman–Crippen MR) is 81.9 cm³/mol. The van der Waals surface area contributed by atoms with E-state index in [4.69, 9.17) is 11.1 Å². The lowest BCUT2D eigenvalue weighted by molar-refractivity contribution is -0.140. The summed E-state index contributed by atoms with van der Waals surface area (Å²) in [6.45, 7) is 2.20. The molecule has 0 spiro atoms. The fourth-order valence-electron chi connectivity index (χ4n) is 2.03. The lowest BCUT2D eigenvalue weighted by atomic mass is 10.1. The number of esters is 1. The maximum Gasteiger partial charge on any atom is 0.305 e. The summed E-state index contributed by atoms with van der Waals surface area (Å²) in [5, 5.41) is 0. The van der Waals surface area contributed by atoms with E-state index in [2.05, 4.69) is 11.3 Å². The Morgan fingerprint density at radius 2 is 1.39 bits per heavy atom. The predicted octanol–water partition coefficient (Wildman–Crippen LogP) is 4.65. The van der Waals surface area contributed by atoms with E-state index in [0.717, 1.165) is 12.8 Å². The normalized spacial score (nSPS) is 12.4. The molecule has 1 atom stereocenters. The zero-order valence-electron chi connectivity index (χ0n) is 12.0. The Labute approximate surface area is 119 Å². The van der Waals surface area contributed by atoms with E-state index < -0.39 is 8.11 Å². The minimum Gasteiger partial charge on any atom is -0.469 e. The number of carbonyl (C=O) groups is 1. The Morgan fingerprint density at radius 1 is 0.944 bits per heavy atom. The van der Waals surface area contributed by atoms with Crippen molar-refractivity contribution in [1.29, 1.82) is 0 Å². The zero-order valence-corrected chi connectivity index (χ0v) is 14.0. The summed E-state index contributed by atoms with van der Waals surface area (Å²) in [5.74, 6) is -0.0768. The van der Waals surface area contributed by atoms with Crippen molar-refractivity contribution >= 4 is 25.2 Å². The van der Waals surface area contributed by atoms with Gasteiger partial charge < -0.3 is 4.74 Å². The highest BCUT2D eigenvalue weighted by molar-refractivity contribution is 7.06. The van der Waals surface area contributed by atoms with Crippen LogP contribution < -0.4 is 0 Å². The number of methoxy groups -OCH3 is 1. The van der Waals surface area contributed by atoms with Crippen LogP contribution >= 0.6 is 11.1 Å². The minimum atomic E-state index is -0.825. The number of ether oxygens (including phenoxy) is 1. The Bertz CT molecular complexity index is 198. The third-order valence-corrected chi connectivity index (χ3v) is 5.07. The molecule has 2 nitrogen and oxygen atoms in total. The van der Waals surface area contributed by atoms with Crippen molar-refractivity contribution in [2.45, 2.75) is 76.8 Å². The smallest absolute Gasteiger partial charge is 0.305 e. The van der Waals surface area contributed by atoms with Crippen molar-refractivity contribution in [2.24, 2.45) is 0 Å². The van der Waals surface area contributed by atoms with Gasteiger partial charge in [-0.05, 0) is 12.5 Å². The van der Waals surface area contributed by atoms with Crippen molar-refractivity contribution in [3.63, 3.8) is 0 Å². The number of hydrogen-bond donors (Lipinski definition) is 0. The molecule has 0 aliphatic carbocycles. The van der Waals surface area contributed by atoms with Gasteiger partial charge in [0.2, 0.25) is 0 Å². The van der Waals surface area contributed by atoms with Crippen molar-refractivity contribution in [1.82, 2.24) is 0 Å². The fraction of sp³-hybridized carbons (Fsp3) is 0.929. The maximum atomic E-state index is 10.9. The van der Waals surface area contributed by atoms with Crippen LogP contribution in [0.4, 0.5) is 0 Å². The molecular weight excluding hydrogens is 264 g/mol. The molecule has 1 unspecified atom stereocenters. The highest BCUT2D eigenvalue weighted by Gasteiger charge is 2.00. The van der Waals surface area contributed by atoms with Gasteiger partial charge in [-0.3, -0.25) is 4.79 Å². The number of halogens is 1. The molecule has 0 saturated heterocycles. The fourth-order valence-corrected chi connectivity index (χ4v) is 3.35. The van der Waals surface area contributed by atoms with E-state index in [0.29, 0.717) is 6.42 Å². The van der Waals surface area contributed by atoms with Crippen LogP contribution in [-0.4, -0.2) is 21.2 Å². The van der Waals surface area contributed by atoms with E-state index >= 15 is 0 Å². The molecule has 0 heterocycles. The topological polar surface area (TPSA) is 26.3 Å². The summed E-state index contributed by atoms with van der Waals surface area (Å²) >= 11 is 6.03. The van der Waals surface area contributed by atoms with Gasteiger partial charge in [-0.15, -0.1) is 0 Å². The number of hydrogen-bond acceptors (Lipinski definition) is 2. The van der Waals surface area contributed by atoms with E-state index in [9.17, 15) is 4.79 Å². The van der Waals surface area contributed by atoms with Gasteiger partial charge in [0, 0.05) is 6.42 Å². The second-order valence-corrected chi connectivity index (χ2v) is 9.45. The average molecular weight is 293 g/mol. The van der Waals surface area contributed by atoms with Gasteiger partial charge in [-0.25, -0.2) is 0 Å². The third kappa shape index (κ3) is 14.0. The van der Waals surface area contributed by atoms with Crippen LogP contribution in [0.1, 0.15) is 64.2 Å². The molecule has 0 aliphatic rings. The molecule has 0 fully saturated rings. The largest absolute Gasteiger partial charge is 0.469 e. The van der Waals surface area contributed by atoms with Crippen LogP contribution in [0.15, 0.2) is 0 Å². The summed E-state index contributed by atoms with van der Waals surface area (Å²) < 4.78 is 4.60. The molecule has 18 heavy (non-hydrogen) atoms. The van der Waals surface area contributed by atoms with Crippen LogP contribution in [0.25, 0.3) is 0 Å². The third-order valence-electron chi connectivity index (χ3n) is 3.21. The van der Waals surface area contributed by atoms with E-state index in [-0.39, 0.29) is 5.97 Å². The molecule has 0 aromatic rings. The van der Waals surface area contributed by atoms with Crippen LogP contribution in [0.3, 0.4) is 0 Å². The Balaban J connectivity index is 3.01. The summed E-state index contributed by atoms with van der Waals surface area (Å²) in [6, 6.07) is 1.29. The number of carbonyl (C=O) groups excluding carboxylic acids is 1. The number of unbranched alkanes of at least 4 members (excludes halogenated alkanes) is 8. The zero-order chi connectivity index (χ0) is 13.6. The molecule has 108 valence electrons. The second kappa shape index (κ2) is 13.4. The van der Waals surface area contributed by atoms with Gasteiger partial charge in [0.05, 0.1) is 7.11 Å². The van der Waals surface area contributed by atoms with Crippen LogP contribution in [0.5, 0.6) is 0 Å². The van der Waals surface area contributed by atoms with Crippen molar-refractivity contribution < 1.29 is 9.53 Å². The molecule has 0 amide bonds. The monoisotopic (exact) mass is 292 g/mol. The second-order valence-electron chi connectivity index (χ2n) is 5.08.